The van der Waals surface area contributed by atoms with Crippen molar-refractivity contribution in [2.45, 2.75) is 19.3 Å². The largest absolute Gasteiger partial charge is 0.475 e. The summed E-state index contributed by atoms with van der Waals surface area (Å²) in [6.45, 7) is 1.94. The zero-order chi connectivity index (χ0) is 16.2. The molecule has 2 N–H and O–H groups in total. The van der Waals surface area contributed by atoms with Crippen LogP contribution in [0.1, 0.15) is 40.4 Å². The van der Waals surface area contributed by atoms with Crippen molar-refractivity contribution in [3.05, 3.63) is 47.9 Å². The minimum atomic E-state index is -1.20. The summed E-state index contributed by atoms with van der Waals surface area (Å²) in [6, 6.07) is 10.2. The van der Waals surface area contributed by atoms with Crippen molar-refractivity contribution in [2.75, 3.05) is 23.3 Å². The van der Waals surface area contributed by atoms with Gasteiger partial charge in [-0.2, -0.15) is 0 Å². The molecule has 1 aliphatic rings. The molecule has 1 aromatic carbocycles. The molecule has 6 nitrogen and oxygen atoms in total. The Labute approximate surface area is 133 Å². The van der Waals surface area contributed by atoms with Crippen LogP contribution in [-0.2, 0) is 0 Å². The number of para-hydroxylation sites is 2. The van der Waals surface area contributed by atoms with Gasteiger partial charge in [-0.15, -0.1) is 0 Å². The molecular formula is C17H18N2O4. The molecule has 0 spiro atoms. The van der Waals surface area contributed by atoms with Crippen LogP contribution < -0.4 is 10.2 Å². The van der Waals surface area contributed by atoms with Gasteiger partial charge in [0.15, 0.2) is 5.76 Å². The van der Waals surface area contributed by atoms with E-state index < -0.39 is 11.9 Å². The molecule has 0 unspecified atom stereocenters. The minimum absolute atomic E-state index is 0.0177. The van der Waals surface area contributed by atoms with Gasteiger partial charge in [-0.1, -0.05) is 12.1 Å². The maximum atomic E-state index is 12.3. The van der Waals surface area contributed by atoms with Crippen LogP contribution >= 0.6 is 0 Å². The van der Waals surface area contributed by atoms with Crippen LogP contribution in [0, 0.1) is 0 Å². The quantitative estimate of drug-likeness (QED) is 0.905. The van der Waals surface area contributed by atoms with Gasteiger partial charge in [0.1, 0.15) is 0 Å². The summed E-state index contributed by atoms with van der Waals surface area (Å²) in [5.41, 5.74) is 1.68. The SMILES string of the molecule is O=C(O)c1ccc(C(=O)Nc2ccccc2N2CCCCC2)o1. The second-order valence-corrected chi connectivity index (χ2v) is 5.49. The molecule has 0 radical (unpaired) electrons. The molecule has 2 heterocycles. The summed E-state index contributed by atoms with van der Waals surface area (Å²) < 4.78 is 5.04. The first-order valence-corrected chi connectivity index (χ1v) is 7.63. The second-order valence-electron chi connectivity index (χ2n) is 5.49. The number of hydrogen-bond acceptors (Lipinski definition) is 4. The third kappa shape index (κ3) is 3.36. The predicted molar refractivity (Wildman–Crippen MR) is 86.1 cm³/mol. The first-order valence-electron chi connectivity index (χ1n) is 7.63. The molecule has 0 bridgehead atoms. The summed E-state index contributed by atoms with van der Waals surface area (Å²) in [4.78, 5) is 25.3. The molecule has 23 heavy (non-hydrogen) atoms. The monoisotopic (exact) mass is 314 g/mol. The smallest absolute Gasteiger partial charge is 0.371 e. The Morgan fingerprint density at radius 2 is 1.70 bits per heavy atom. The molecule has 0 saturated carbocycles. The third-order valence-corrected chi connectivity index (χ3v) is 3.89. The lowest BCUT2D eigenvalue weighted by Crippen LogP contribution is -2.30. The summed E-state index contributed by atoms with van der Waals surface area (Å²) in [5, 5.41) is 11.7. The first kappa shape index (κ1) is 15.1. The van der Waals surface area contributed by atoms with Gasteiger partial charge in [0, 0.05) is 13.1 Å². The molecule has 6 heteroatoms. The number of benzene rings is 1. The number of rotatable bonds is 4. The Balaban J connectivity index is 1.79. The molecule has 1 amide bonds. The highest BCUT2D eigenvalue weighted by Gasteiger charge is 2.18. The summed E-state index contributed by atoms with van der Waals surface area (Å²) in [7, 11) is 0. The minimum Gasteiger partial charge on any atom is -0.475 e. The van der Waals surface area contributed by atoms with E-state index in [-0.39, 0.29) is 11.5 Å². The molecule has 1 aliphatic heterocycles. The van der Waals surface area contributed by atoms with Gasteiger partial charge in [0.2, 0.25) is 5.76 Å². The van der Waals surface area contributed by atoms with Crippen LogP contribution in [-0.4, -0.2) is 30.1 Å². The fraction of sp³-hybridized carbons (Fsp3) is 0.294. The van der Waals surface area contributed by atoms with E-state index >= 15 is 0 Å². The standard InChI is InChI=1S/C17H18N2O4/c20-16(14-8-9-15(23-14)17(21)22)18-12-6-2-3-7-13(12)19-10-4-1-5-11-19/h2-3,6-9H,1,4-5,10-11H2,(H,18,20)(H,21,22). The average Bonchev–Trinajstić information content (AvgIpc) is 3.07. The summed E-state index contributed by atoms with van der Waals surface area (Å²) in [5.74, 6) is -1.92. The molecule has 1 aromatic heterocycles. The van der Waals surface area contributed by atoms with Crippen LogP contribution in [0.3, 0.4) is 0 Å². The van der Waals surface area contributed by atoms with Crippen LogP contribution in [0.5, 0.6) is 0 Å². The van der Waals surface area contributed by atoms with E-state index in [1.54, 1.807) is 0 Å². The molecule has 0 aliphatic carbocycles. The van der Waals surface area contributed by atoms with Gasteiger partial charge in [-0.25, -0.2) is 4.79 Å². The van der Waals surface area contributed by atoms with E-state index in [9.17, 15) is 9.59 Å². The summed E-state index contributed by atoms with van der Waals surface area (Å²) in [6.07, 6.45) is 3.51. The van der Waals surface area contributed by atoms with Gasteiger partial charge in [0.05, 0.1) is 11.4 Å². The normalized spacial score (nSPS) is 14.5. The highest BCUT2D eigenvalue weighted by atomic mass is 16.4. The number of nitrogens with zero attached hydrogens (tertiary/aromatic N) is 1. The van der Waals surface area contributed by atoms with Crippen molar-refractivity contribution in [3.8, 4) is 0 Å². The highest BCUT2D eigenvalue weighted by Crippen LogP contribution is 2.28. The van der Waals surface area contributed by atoms with Gasteiger partial charge >= 0.3 is 5.97 Å². The van der Waals surface area contributed by atoms with Crippen molar-refractivity contribution in [3.63, 3.8) is 0 Å². The van der Waals surface area contributed by atoms with Crippen molar-refractivity contribution < 1.29 is 19.1 Å². The summed E-state index contributed by atoms with van der Waals surface area (Å²) >= 11 is 0. The maximum Gasteiger partial charge on any atom is 0.371 e. The lowest BCUT2D eigenvalue weighted by Gasteiger charge is -2.30. The fourth-order valence-corrected chi connectivity index (χ4v) is 2.75. The van der Waals surface area contributed by atoms with Gasteiger partial charge in [-0.3, -0.25) is 4.79 Å². The first-order chi connectivity index (χ1) is 11.1. The number of amides is 1. The molecule has 120 valence electrons. The van der Waals surface area contributed by atoms with Crippen LogP contribution in [0.15, 0.2) is 40.8 Å². The zero-order valence-corrected chi connectivity index (χ0v) is 12.6. The molecular weight excluding hydrogens is 296 g/mol. The Bertz CT molecular complexity index is 717. The number of anilines is 2. The molecule has 1 fully saturated rings. The molecule has 2 aromatic rings. The van der Waals surface area contributed by atoms with E-state index in [4.69, 9.17) is 9.52 Å². The Kier molecular flexibility index (Phi) is 4.32. The van der Waals surface area contributed by atoms with E-state index in [2.05, 4.69) is 10.2 Å². The number of carboxylic acids is 1. The lowest BCUT2D eigenvalue weighted by molar-refractivity contribution is 0.0660. The van der Waals surface area contributed by atoms with Crippen molar-refractivity contribution in [1.29, 1.82) is 0 Å². The third-order valence-electron chi connectivity index (χ3n) is 3.89. The maximum absolute atomic E-state index is 12.3. The van der Waals surface area contributed by atoms with Gasteiger partial charge < -0.3 is 19.7 Å². The van der Waals surface area contributed by atoms with Crippen molar-refractivity contribution >= 4 is 23.3 Å². The van der Waals surface area contributed by atoms with Crippen LogP contribution in [0.2, 0.25) is 0 Å². The average molecular weight is 314 g/mol. The molecule has 1 saturated heterocycles. The topological polar surface area (TPSA) is 82.8 Å². The number of carbonyl (C=O) groups is 2. The zero-order valence-electron chi connectivity index (χ0n) is 12.6. The molecule has 0 atom stereocenters. The molecule has 3 rings (SSSR count). The predicted octanol–water partition coefficient (Wildman–Crippen LogP) is 3.22. The number of hydrogen-bond donors (Lipinski definition) is 2. The van der Waals surface area contributed by atoms with Crippen molar-refractivity contribution in [2.24, 2.45) is 0 Å². The van der Waals surface area contributed by atoms with Crippen molar-refractivity contribution in [1.82, 2.24) is 0 Å². The van der Waals surface area contributed by atoms with Crippen LogP contribution in [0.25, 0.3) is 0 Å². The van der Waals surface area contributed by atoms with E-state index in [1.165, 1.54) is 18.6 Å². The Hall–Kier alpha value is -2.76. The number of nitrogens with one attached hydrogen (secondary N) is 1. The van der Waals surface area contributed by atoms with E-state index in [1.807, 2.05) is 24.3 Å². The number of carboxylic acid groups (broad SMARTS) is 1. The lowest BCUT2D eigenvalue weighted by atomic mass is 10.1. The second kappa shape index (κ2) is 6.56. The van der Waals surface area contributed by atoms with Crippen LogP contribution in [0.4, 0.5) is 11.4 Å². The van der Waals surface area contributed by atoms with Gasteiger partial charge in [0.25, 0.3) is 5.91 Å². The fourth-order valence-electron chi connectivity index (χ4n) is 2.75. The van der Waals surface area contributed by atoms with E-state index in [0.29, 0.717) is 5.69 Å². The number of aromatic carboxylic acids is 1. The Morgan fingerprint density at radius 3 is 2.39 bits per heavy atom. The van der Waals surface area contributed by atoms with E-state index in [0.717, 1.165) is 31.6 Å². The Morgan fingerprint density at radius 1 is 1.00 bits per heavy atom. The number of carbonyl (C=O) groups excluding carboxylic acids is 1. The highest BCUT2D eigenvalue weighted by molar-refractivity contribution is 6.04. The number of piperidine rings is 1. The van der Waals surface area contributed by atoms with Gasteiger partial charge in [-0.05, 0) is 43.5 Å². The number of furan rings is 1.